The molecule has 3 atom stereocenters. The van der Waals surface area contributed by atoms with E-state index in [0.29, 0.717) is 6.42 Å². The molecule has 2 heterocycles. The molecule has 1 aromatic rings. The number of halogens is 1. The first-order valence-electron chi connectivity index (χ1n) is 8.41. The number of benzene rings is 1. The molecule has 0 aliphatic carbocycles. The standard InChI is InChI=1S/C20H23BrO4/c1-12-16(13-6-8-14(21)9-7-13)20(17(23)24-18(2,3)4)15(22)10-11-19(12,5)25-20/h6-9,16H,1,10-11H2,2-5H3/t16-,19+,20-/m0/s1. The van der Waals surface area contributed by atoms with Gasteiger partial charge in [0.2, 0.25) is 5.60 Å². The highest BCUT2D eigenvalue weighted by atomic mass is 79.9. The van der Waals surface area contributed by atoms with Crippen LogP contribution in [0, 0.1) is 0 Å². The van der Waals surface area contributed by atoms with Gasteiger partial charge in [-0.05, 0) is 57.4 Å². The number of ketones is 1. The zero-order valence-electron chi connectivity index (χ0n) is 15.0. The van der Waals surface area contributed by atoms with Gasteiger partial charge >= 0.3 is 5.97 Å². The van der Waals surface area contributed by atoms with Crippen molar-refractivity contribution in [2.24, 2.45) is 0 Å². The highest BCUT2D eigenvalue weighted by Crippen LogP contribution is 2.57. The minimum absolute atomic E-state index is 0.231. The summed E-state index contributed by atoms with van der Waals surface area (Å²) in [5, 5.41) is 0. The van der Waals surface area contributed by atoms with Crippen LogP contribution >= 0.6 is 15.9 Å². The maximum atomic E-state index is 13.1. The summed E-state index contributed by atoms with van der Waals surface area (Å²) in [7, 11) is 0. The lowest BCUT2D eigenvalue weighted by Gasteiger charge is -2.37. The summed E-state index contributed by atoms with van der Waals surface area (Å²) in [5.41, 5.74) is -1.48. The van der Waals surface area contributed by atoms with E-state index < -0.39 is 28.7 Å². The van der Waals surface area contributed by atoms with Crippen molar-refractivity contribution in [2.45, 2.75) is 63.3 Å². The number of hydrogen-bond donors (Lipinski definition) is 0. The van der Waals surface area contributed by atoms with Gasteiger partial charge in [-0.15, -0.1) is 0 Å². The summed E-state index contributed by atoms with van der Waals surface area (Å²) >= 11 is 3.42. The molecule has 134 valence electrons. The van der Waals surface area contributed by atoms with Crippen molar-refractivity contribution in [3.63, 3.8) is 0 Å². The summed E-state index contributed by atoms with van der Waals surface area (Å²) in [5.74, 6) is -1.40. The lowest BCUT2D eigenvalue weighted by atomic mass is 9.76. The molecule has 25 heavy (non-hydrogen) atoms. The molecular weight excluding hydrogens is 384 g/mol. The molecule has 4 nitrogen and oxygen atoms in total. The highest BCUT2D eigenvalue weighted by Gasteiger charge is 2.68. The van der Waals surface area contributed by atoms with E-state index in [9.17, 15) is 9.59 Å². The zero-order valence-corrected chi connectivity index (χ0v) is 16.6. The number of fused-ring (bicyclic) bond motifs is 2. The Morgan fingerprint density at radius 1 is 1.32 bits per heavy atom. The van der Waals surface area contributed by atoms with Crippen LogP contribution in [-0.2, 0) is 19.1 Å². The Kier molecular flexibility index (Phi) is 4.24. The lowest BCUT2D eigenvalue weighted by molar-refractivity contribution is -0.198. The van der Waals surface area contributed by atoms with Crippen molar-refractivity contribution < 1.29 is 19.1 Å². The van der Waals surface area contributed by atoms with E-state index in [2.05, 4.69) is 22.5 Å². The van der Waals surface area contributed by atoms with Crippen molar-refractivity contribution in [1.29, 1.82) is 0 Å². The number of carbonyl (C=O) groups excluding carboxylic acids is 2. The summed E-state index contributed by atoms with van der Waals surface area (Å²) in [6, 6.07) is 7.57. The van der Waals surface area contributed by atoms with E-state index in [1.54, 1.807) is 20.8 Å². The number of carbonyl (C=O) groups is 2. The number of ether oxygens (including phenoxy) is 2. The quantitative estimate of drug-likeness (QED) is 0.416. The van der Waals surface area contributed by atoms with E-state index in [1.165, 1.54) is 0 Å². The average Bonchev–Trinajstić information content (AvgIpc) is 2.70. The fourth-order valence-corrected chi connectivity index (χ4v) is 3.98. The fraction of sp³-hybridized carbons (Fsp3) is 0.500. The van der Waals surface area contributed by atoms with Crippen molar-refractivity contribution in [1.82, 2.24) is 0 Å². The first-order valence-corrected chi connectivity index (χ1v) is 9.20. The smallest absolute Gasteiger partial charge is 0.347 e. The van der Waals surface area contributed by atoms with E-state index in [-0.39, 0.29) is 12.2 Å². The second-order valence-electron chi connectivity index (χ2n) is 8.00. The molecule has 2 fully saturated rings. The maximum Gasteiger partial charge on any atom is 0.347 e. The normalized spacial score (nSPS) is 32.0. The van der Waals surface area contributed by atoms with Gasteiger partial charge in [0.25, 0.3) is 0 Å². The van der Waals surface area contributed by atoms with Crippen LogP contribution in [0.3, 0.4) is 0 Å². The van der Waals surface area contributed by atoms with E-state index >= 15 is 0 Å². The predicted octanol–water partition coefficient (Wildman–Crippen LogP) is 4.32. The third-order valence-corrected chi connectivity index (χ3v) is 5.50. The lowest BCUT2D eigenvalue weighted by Crippen LogP contribution is -2.56. The van der Waals surface area contributed by atoms with Gasteiger partial charge < -0.3 is 9.47 Å². The third kappa shape index (κ3) is 2.87. The number of Topliss-reactive ketones (excluding diaryl/α,β-unsaturated/α-hetero) is 1. The number of esters is 1. The Balaban J connectivity index is 2.15. The van der Waals surface area contributed by atoms with Gasteiger partial charge in [0.15, 0.2) is 5.78 Å². The topological polar surface area (TPSA) is 52.6 Å². The molecular formula is C20H23BrO4. The average molecular weight is 407 g/mol. The molecule has 0 unspecified atom stereocenters. The zero-order chi connectivity index (χ0) is 18.6. The summed E-state index contributed by atoms with van der Waals surface area (Å²) in [6.45, 7) is 11.5. The molecule has 0 aromatic heterocycles. The van der Waals surface area contributed by atoms with Gasteiger partial charge in [-0.3, -0.25) is 4.79 Å². The molecule has 5 heteroatoms. The van der Waals surface area contributed by atoms with Crippen molar-refractivity contribution in [3.8, 4) is 0 Å². The van der Waals surface area contributed by atoms with E-state index in [1.807, 2.05) is 31.2 Å². The summed E-state index contributed by atoms with van der Waals surface area (Å²) in [4.78, 5) is 26.1. The van der Waals surface area contributed by atoms with Gasteiger partial charge in [0.1, 0.15) is 5.60 Å². The van der Waals surface area contributed by atoms with Crippen LogP contribution < -0.4 is 0 Å². The van der Waals surface area contributed by atoms with Crippen LogP contribution in [0.25, 0.3) is 0 Å². The van der Waals surface area contributed by atoms with Crippen LogP contribution in [0.1, 0.15) is 52.0 Å². The van der Waals surface area contributed by atoms with E-state index in [0.717, 1.165) is 15.6 Å². The van der Waals surface area contributed by atoms with Crippen molar-refractivity contribution in [3.05, 3.63) is 46.5 Å². The first kappa shape index (κ1) is 18.3. The Labute approximate surface area is 156 Å². The molecule has 1 aromatic carbocycles. The summed E-state index contributed by atoms with van der Waals surface area (Å²) < 4.78 is 12.7. The first-order chi connectivity index (χ1) is 11.5. The van der Waals surface area contributed by atoms with Gasteiger partial charge in [-0.25, -0.2) is 4.79 Å². The number of rotatable bonds is 2. The Morgan fingerprint density at radius 2 is 1.92 bits per heavy atom. The second-order valence-corrected chi connectivity index (χ2v) is 8.92. The molecule has 0 N–H and O–H groups in total. The van der Waals surface area contributed by atoms with Crippen molar-refractivity contribution in [2.75, 3.05) is 0 Å². The van der Waals surface area contributed by atoms with Crippen LogP contribution in [-0.4, -0.2) is 28.6 Å². The van der Waals surface area contributed by atoms with E-state index in [4.69, 9.17) is 9.47 Å². The maximum absolute atomic E-state index is 13.1. The number of hydrogen-bond acceptors (Lipinski definition) is 4. The van der Waals surface area contributed by atoms with Gasteiger partial charge in [-0.2, -0.15) is 0 Å². The van der Waals surface area contributed by atoms with Crippen LogP contribution in [0.2, 0.25) is 0 Å². The minimum Gasteiger partial charge on any atom is -0.457 e. The SMILES string of the molecule is C=C1[C@@H](c2ccc(Br)cc2)[C@@]2(C(=O)OC(C)(C)C)O[C@]1(C)CCC2=O. The second kappa shape index (κ2) is 5.78. The molecule has 0 spiro atoms. The molecule has 2 aliphatic heterocycles. The van der Waals surface area contributed by atoms with Gasteiger partial charge in [0, 0.05) is 10.9 Å². The molecule has 0 amide bonds. The molecule has 2 saturated heterocycles. The van der Waals surface area contributed by atoms with Crippen LogP contribution in [0.4, 0.5) is 0 Å². The highest BCUT2D eigenvalue weighted by molar-refractivity contribution is 9.10. The molecule has 0 radical (unpaired) electrons. The van der Waals surface area contributed by atoms with Crippen LogP contribution in [0.15, 0.2) is 40.9 Å². The third-order valence-electron chi connectivity index (χ3n) is 4.97. The Bertz CT molecular complexity index is 746. The van der Waals surface area contributed by atoms with Gasteiger partial charge in [-0.1, -0.05) is 34.6 Å². The predicted molar refractivity (Wildman–Crippen MR) is 98.3 cm³/mol. The Hall–Kier alpha value is -1.46. The molecule has 0 saturated carbocycles. The largest absolute Gasteiger partial charge is 0.457 e. The summed E-state index contributed by atoms with van der Waals surface area (Å²) in [6.07, 6.45) is 0.810. The Morgan fingerprint density at radius 3 is 2.48 bits per heavy atom. The van der Waals surface area contributed by atoms with Crippen molar-refractivity contribution >= 4 is 27.7 Å². The monoisotopic (exact) mass is 406 g/mol. The molecule has 2 aliphatic rings. The molecule has 2 bridgehead atoms. The fourth-order valence-electron chi connectivity index (χ4n) is 3.72. The van der Waals surface area contributed by atoms with Crippen LogP contribution in [0.5, 0.6) is 0 Å². The molecule has 3 rings (SSSR count). The van der Waals surface area contributed by atoms with Gasteiger partial charge in [0.05, 0.1) is 11.5 Å². The minimum atomic E-state index is -1.65.